The lowest BCUT2D eigenvalue weighted by atomic mass is 10.2. The van der Waals surface area contributed by atoms with Gasteiger partial charge in [0.15, 0.2) is 12.2 Å². The SMILES string of the molecule is O=S(=O)(Nc1cccc(-c2cnco2)c1)c1ccc(F)c(Cl)c1. The number of nitrogens with one attached hydrogen (secondary N) is 1. The lowest BCUT2D eigenvalue weighted by molar-refractivity contribution is 0.572. The summed E-state index contributed by atoms with van der Waals surface area (Å²) in [6, 6.07) is 9.82. The summed E-state index contributed by atoms with van der Waals surface area (Å²) in [5.41, 5.74) is 0.999. The van der Waals surface area contributed by atoms with Crippen LogP contribution in [0.1, 0.15) is 0 Å². The second-order valence-corrected chi connectivity index (χ2v) is 6.72. The maximum absolute atomic E-state index is 13.2. The number of nitrogens with zero attached hydrogens (tertiary/aromatic N) is 1. The van der Waals surface area contributed by atoms with Crippen LogP contribution in [0.4, 0.5) is 10.1 Å². The molecule has 5 nitrogen and oxygen atoms in total. The van der Waals surface area contributed by atoms with Gasteiger partial charge in [-0.3, -0.25) is 4.72 Å². The van der Waals surface area contributed by atoms with E-state index < -0.39 is 15.8 Å². The second kappa shape index (κ2) is 6.02. The predicted octanol–water partition coefficient (Wildman–Crippen LogP) is 3.93. The first-order valence-electron chi connectivity index (χ1n) is 6.42. The van der Waals surface area contributed by atoms with Gasteiger partial charge in [0.1, 0.15) is 5.82 Å². The molecule has 23 heavy (non-hydrogen) atoms. The maximum atomic E-state index is 13.2. The molecule has 1 N–H and O–H groups in total. The van der Waals surface area contributed by atoms with Crippen LogP contribution in [0.3, 0.4) is 0 Å². The van der Waals surface area contributed by atoms with Crippen LogP contribution in [0.2, 0.25) is 5.02 Å². The monoisotopic (exact) mass is 352 g/mol. The summed E-state index contributed by atoms with van der Waals surface area (Å²) < 4.78 is 45.4. The van der Waals surface area contributed by atoms with Gasteiger partial charge in [0.05, 0.1) is 16.1 Å². The average molecular weight is 353 g/mol. The predicted molar refractivity (Wildman–Crippen MR) is 84.2 cm³/mol. The van der Waals surface area contributed by atoms with Gasteiger partial charge in [-0.05, 0) is 30.3 Å². The average Bonchev–Trinajstić information content (AvgIpc) is 3.04. The molecule has 0 saturated heterocycles. The third kappa shape index (κ3) is 3.35. The Balaban J connectivity index is 1.91. The Hall–Kier alpha value is -2.38. The lowest BCUT2D eigenvalue weighted by Gasteiger charge is -2.09. The van der Waals surface area contributed by atoms with Gasteiger partial charge in [-0.1, -0.05) is 23.7 Å². The van der Waals surface area contributed by atoms with Gasteiger partial charge in [0.25, 0.3) is 10.0 Å². The van der Waals surface area contributed by atoms with Gasteiger partial charge in [0.2, 0.25) is 0 Å². The van der Waals surface area contributed by atoms with Gasteiger partial charge in [-0.15, -0.1) is 0 Å². The van der Waals surface area contributed by atoms with Crippen molar-refractivity contribution in [3.05, 3.63) is 65.9 Å². The smallest absolute Gasteiger partial charge is 0.261 e. The Morgan fingerprint density at radius 2 is 2.00 bits per heavy atom. The molecule has 1 aromatic heterocycles. The Labute approximate surface area is 136 Å². The molecule has 1 heterocycles. The molecule has 0 unspecified atom stereocenters. The largest absolute Gasteiger partial charge is 0.444 e. The number of hydrogen-bond donors (Lipinski definition) is 1. The van der Waals surface area contributed by atoms with E-state index in [1.54, 1.807) is 24.3 Å². The molecule has 0 aliphatic rings. The molecule has 0 saturated carbocycles. The first-order valence-corrected chi connectivity index (χ1v) is 8.28. The zero-order chi connectivity index (χ0) is 16.4. The Kier molecular flexibility index (Phi) is 4.06. The van der Waals surface area contributed by atoms with E-state index in [9.17, 15) is 12.8 Å². The minimum Gasteiger partial charge on any atom is -0.444 e. The highest BCUT2D eigenvalue weighted by atomic mass is 35.5. The summed E-state index contributed by atoms with van der Waals surface area (Å²) >= 11 is 5.63. The van der Waals surface area contributed by atoms with Crippen LogP contribution in [-0.2, 0) is 10.0 Å². The number of oxazole rings is 1. The van der Waals surface area contributed by atoms with Gasteiger partial charge in [-0.2, -0.15) is 0 Å². The molecule has 0 aliphatic heterocycles. The Morgan fingerprint density at radius 1 is 1.17 bits per heavy atom. The van der Waals surface area contributed by atoms with Crippen molar-refractivity contribution in [2.75, 3.05) is 4.72 Å². The summed E-state index contributed by atoms with van der Waals surface area (Å²) in [5.74, 6) is -0.172. The summed E-state index contributed by atoms with van der Waals surface area (Å²) in [7, 11) is -3.89. The van der Waals surface area contributed by atoms with E-state index in [4.69, 9.17) is 16.0 Å². The highest BCUT2D eigenvalue weighted by molar-refractivity contribution is 7.92. The highest BCUT2D eigenvalue weighted by Crippen LogP contribution is 2.25. The molecule has 3 rings (SSSR count). The van der Waals surface area contributed by atoms with Crippen molar-refractivity contribution in [3.8, 4) is 11.3 Å². The van der Waals surface area contributed by atoms with E-state index in [-0.39, 0.29) is 9.92 Å². The van der Waals surface area contributed by atoms with Crippen molar-refractivity contribution < 1.29 is 17.2 Å². The first-order chi connectivity index (χ1) is 11.0. The van der Waals surface area contributed by atoms with E-state index in [0.717, 1.165) is 18.2 Å². The molecule has 0 bridgehead atoms. The number of sulfonamides is 1. The summed E-state index contributed by atoms with van der Waals surface area (Å²) in [5, 5.41) is -0.261. The standard InChI is InChI=1S/C15H10ClFN2O3S/c16-13-7-12(4-5-14(13)17)23(20,21)19-11-3-1-2-10(6-11)15-8-18-9-22-15/h1-9,19H. The van der Waals surface area contributed by atoms with Crippen LogP contribution in [0, 0.1) is 5.82 Å². The molecule has 3 aromatic rings. The third-order valence-electron chi connectivity index (χ3n) is 3.03. The highest BCUT2D eigenvalue weighted by Gasteiger charge is 2.16. The van der Waals surface area contributed by atoms with Crippen molar-refractivity contribution in [1.29, 1.82) is 0 Å². The van der Waals surface area contributed by atoms with Gasteiger partial charge >= 0.3 is 0 Å². The summed E-state index contributed by atoms with van der Waals surface area (Å²) in [4.78, 5) is 3.68. The van der Waals surface area contributed by atoms with Gasteiger partial charge in [-0.25, -0.2) is 17.8 Å². The minimum absolute atomic E-state index is 0.131. The van der Waals surface area contributed by atoms with Crippen molar-refractivity contribution in [2.45, 2.75) is 4.90 Å². The molecule has 118 valence electrons. The van der Waals surface area contributed by atoms with Gasteiger partial charge < -0.3 is 4.42 Å². The molecule has 0 fully saturated rings. The van der Waals surface area contributed by atoms with Crippen LogP contribution in [0.25, 0.3) is 11.3 Å². The number of benzene rings is 2. The van der Waals surface area contributed by atoms with Crippen molar-refractivity contribution in [1.82, 2.24) is 4.98 Å². The Bertz CT molecular complexity index is 943. The summed E-state index contributed by atoms with van der Waals surface area (Å²) in [6.07, 6.45) is 2.81. The number of halogens is 2. The molecule has 0 amide bonds. The normalized spacial score (nSPS) is 11.4. The molecular formula is C15H10ClFN2O3S. The fourth-order valence-corrected chi connectivity index (χ4v) is 3.27. The number of aromatic nitrogens is 1. The molecule has 0 spiro atoms. The fraction of sp³-hybridized carbons (Fsp3) is 0. The zero-order valence-electron chi connectivity index (χ0n) is 11.5. The maximum Gasteiger partial charge on any atom is 0.261 e. The topological polar surface area (TPSA) is 72.2 Å². The quantitative estimate of drug-likeness (QED) is 0.772. The number of anilines is 1. The van der Waals surface area contributed by atoms with E-state index in [0.29, 0.717) is 17.0 Å². The lowest BCUT2D eigenvalue weighted by Crippen LogP contribution is -2.13. The van der Waals surface area contributed by atoms with E-state index in [1.807, 2.05) is 0 Å². The van der Waals surface area contributed by atoms with Crippen LogP contribution < -0.4 is 4.72 Å². The molecule has 0 atom stereocenters. The molecular weight excluding hydrogens is 343 g/mol. The van der Waals surface area contributed by atoms with Crippen LogP contribution >= 0.6 is 11.6 Å². The number of rotatable bonds is 4. The second-order valence-electron chi connectivity index (χ2n) is 4.63. The van der Waals surface area contributed by atoms with Crippen molar-refractivity contribution in [3.63, 3.8) is 0 Å². The summed E-state index contributed by atoms with van der Waals surface area (Å²) in [6.45, 7) is 0. The van der Waals surface area contributed by atoms with E-state index >= 15 is 0 Å². The fourth-order valence-electron chi connectivity index (χ4n) is 1.95. The van der Waals surface area contributed by atoms with Crippen LogP contribution in [0.5, 0.6) is 0 Å². The number of hydrogen-bond acceptors (Lipinski definition) is 4. The van der Waals surface area contributed by atoms with Crippen LogP contribution in [-0.4, -0.2) is 13.4 Å². The van der Waals surface area contributed by atoms with E-state index in [1.165, 1.54) is 12.6 Å². The molecule has 0 aliphatic carbocycles. The first kappa shape index (κ1) is 15.5. The zero-order valence-corrected chi connectivity index (χ0v) is 13.1. The van der Waals surface area contributed by atoms with Crippen LogP contribution in [0.15, 0.2) is 64.4 Å². The van der Waals surface area contributed by atoms with E-state index in [2.05, 4.69) is 9.71 Å². The molecule has 0 radical (unpaired) electrons. The Morgan fingerprint density at radius 3 is 2.70 bits per heavy atom. The van der Waals surface area contributed by atoms with Gasteiger partial charge in [0, 0.05) is 11.3 Å². The molecule has 2 aromatic carbocycles. The molecule has 8 heteroatoms. The van der Waals surface area contributed by atoms with Crippen molar-refractivity contribution in [2.24, 2.45) is 0 Å². The minimum atomic E-state index is -3.89. The van der Waals surface area contributed by atoms with Crippen molar-refractivity contribution >= 4 is 27.3 Å². The third-order valence-corrected chi connectivity index (χ3v) is 4.70.